The van der Waals surface area contributed by atoms with Crippen LogP contribution in [0.1, 0.15) is 19.3 Å². The van der Waals surface area contributed by atoms with Crippen molar-refractivity contribution < 1.29 is 9.59 Å². The van der Waals surface area contributed by atoms with E-state index in [9.17, 15) is 9.59 Å². The highest BCUT2D eigenvalue weighted by Crippen LogP contribution is 2.58. The van der Waals surface area contributed by atoms with E-state index in [1.807, 2.05) is 19.0 Å². The average Bonchev–Trinajstić information content (AvgIpc) is 3.07. The van der Waals surface area contributed by atoms with Gasteiger partial charge in [-0.25, -0.2) is 0 Å². The van der Waals surface area contributed by atoms with Crippen LogP contribution in [0.3, 0.4) is 0 Å². The summed E-state index contributed by atoms with van der Waals surface area (Å²) in [6, 6.07) is 0. The third kappa shape index (κ3) is 4.58. The van der Waals surface area contributed by atoms with E-state index in [0.29, 0.717) is 12.2 Å². The first-order valence-electron chi connectivity index (χ1n) is 8.94. The minimum absolute atomic E-state index is 0.0804. The van der Waals surface area contributed by atoms with Crippen LogP contribution in [0.5, 0.6) is 0 Å². The van der Waals surface area contributed by atoms with Gasteiger partial charge in [0.15, 0.2) is 0 Å². The minimum Gasteiger partial charge on any atom is -0.353 e. The van der Waals surface area contributed by atoms with Crippen LogP contribution in [0, 0.1) is 11.3 Å². The molecule has 1 spiro atoms. The molecule has 8 heteroatoms. The lowest BCUT2D eigenvalue weighted by atomic mass is 9.92. The molecular formula is C17H28N6O2. The van der Waals surface area contributed by atoms with E-state index < -0.39 is 0 Å². The van der Waals surface area contributed by atoms with E-state index in [1.54, 1.807) is 17.1 Å². The predicted molar refractivity (Wildman–Crippen MR) is 95.1 cm³/mol. The molecule has 2 heterocycles. The molecule has 1 unspecified atom stereocenters. The molecular weight excluding hydrogens is 320 g/mol. The first-order valence-corrected chi connectivity index (χ1v) is 8.94. The SMILES string of the molecule is CN(C)CCNC(=O)Cn1cc(NC(=O)C2CC23CCNCC3)cn1. The summed E-state index contributed by atoms with van der Waals surface area (Å²) in [7, 11) is 3.92. The summed E-state index contributed by atoms with van der Waals surface area (Å²) < 4.78 is 1.55. The number of aromatic nitrogens is 2. The highest BCUT2D eigenvalue weighted by Gasteiger charge is 2.57. The van der Waals surface area contributed by atoms with E-state index >= 15 is 0 Å². The zero-order chi connectivity index (χ0) is 17.9. The Morgan fingerprint density at radius 2 is 2.16 bits per heavy atom. The smallest absolute Gasteiger partial charge is 0.241 e. The van der Waals surface area contributed by atoms with E-state index in [4.69, 9.17) is 0 Å². The highest BCUT2D eigenvalue weighted by molar-refractivity contribution is 5.94. The molecule has 2 amide bonds. The fourth-order valence-corrected chi connectivity index (χ4v) is 3.56. The van der Waals surface area contributed by atoms with Crippen molar-refractivity contribution in [3.8, 4) is 0 Å². The second-order valence-electron chi connectivity index (χ2n) is 7.44. The lowest BCUT2D eigenvalue weighted by Crippen LogP contribution is -2.33. The van der Waals surface area contributed by atoms with Crippen molar-refractivity contribution in [2.24, 2.45) is 11.3 Å². The first-order chi connectivity index (χ1) is 12.0. The van der Waals surface area contributed by atoms with Crippen LogP contribution in [-0.4, -0.2) is 66.8 Å². The first kappa shape index (κ1) is 17.9. The van der Waals surface area contributed by atoms with Gasteiger partial charge in [0.2, 0.25) is 11.8 Å². The van der Waals surface area contributed by atoms with Crippen LogP contribution in [-0.2, 0) is 16.1 Å². The summed E-state index contributed by atoms with van der Waals surface area (Å²) in [4.78, 5) is 26.3. The summed E-state index contributed by atoms with van der Waals surface area (Å²) in [5.74, 6) is 0.114. The van der Waals surface area contributed by atoms with Gasteiger partial charge < -0.3 is 20.9 Å². The van der Waals surface area contributed by atoms with Crippen molar-refractivity contribution in [3.63, 3.8) is 0 Å². The highest BCUT2D eigenvalue weighted by atomic mass is 16.2. The van der Waals surface area contributed by atoms with Crippen molar-refractivity contribution in [2.75, 3.05) is 45.6 Å². The number of hydrogen-bond donors (Lipinski definition) is 3. The van der Waals surface area contributed by atoms with Crippen LogP contribution in [0.2, 0.25) is 0 Å². The minimum atomic E-state index is -0.0846. The molecule has 1 atom stereocenters. The van der Waals surface area contributed by atoms with Crippen LogP contribution in [0.25, 0.3) is 0 Å². The van der Waals surface area contributed by atoms with Gasteiger partial charge in [0, 0.05) is 25.2 Å². The fraction of sp³-hybridized carbons (Fsp3) is 0.706. The number of carbonyl (C=O) groups excluding carboxylic acids is 2. The van der Waals surface area contributed by atoms with Gasteiger partial charge in [-0.3, -0.25) is 14.3 Å². The zero-order valence-electron chi connectivity index (χ0n) is 15.0. The van der Waals surface area contributed by atoms with Crippen molar-refractivity contribution in [2.45, 2.75) is 25.8 Å². The molecule has 2 aliphatic rings. The quantitative estimate of drug-likeness (QED) is 0.640. The number of hydrogen-bond acceptors (Lipinski definition) is 5. The monoisotopic (exact) mass is 348 g/mol. The van der Waals surface area contributed by atoms with Crippen LogP contribution in [0.15, 0.2) is 12.4 Å². The number of anilines is 1. The molecule has 1 aromatic rings. The van der Waals surface area contributed by atoms with Crippen LogP contribution >= 0.6 is 0 Å². The maximum atomic E-state index is 12.4. The predicted octanol–water partition coefficient (Wildman–Crippen LogP) is -0.111. The number of carbonyl (C=O) groups is 2. The second kappa shape index (κ2) is 7.53. The summed E-state index contributed by atoms with van der Waals surface area (Å²) in [6.07, 6.45) is 6.46. The Hall–Kier alpha value is -1.93. The third-order valence-electron chi connectivity index (χ3n) is 5.19. The van der Waals surface area contributed by atoms with Gasteiger partial charge >= 0.3 is 0 Å². The van der Waals surface area contributed by atoms with Crippen LogP contribution < -0.4 is 16.0 Å². The number of nitrogens with one attached hydrogen (secondary N) is 3. The normalized spacial score (nSPS) is 21.3. The number of rotatable bonds is 7. The Morgan fingerprint density at radius 3 is 2.88 bits per heavy atom. The Balaban J connectivity index is 1.44. The van der Waals surface area contributed by atoms with Crippen molar-refractivity contribution in [3.05, 3.63) is 12.4 Å². The molecule has 1 aromatic heterocycles. The van der Waals surface area contributed by atoms with E-state index in [2.05, 4.69) is 21.0 Å². The molecule has 2 fully saturated rings. The molecule has 1 aliphatic carbocycles. The maximum Gasteiger partial charge on any atom is 0.241 e. The Bertz CT molecular complexity index is 620. The maximum absolute atomic E-state index is 12.4. The molecule has 138 valence electrons. The Kier molecular flexibility index (Phi) is 5.39. The van der Waals surface area contributed by atoms with Gasteiger partial charge in [-0.1, -0.05) is 0 Å². The molecule has 8 nitrogen and oxygen atoms in total. The average molecular weight is 348 g/mol. The summed E-state index contributed by atoms with van der Waals surface area (Å²) >= 11 is 0. The zero-order valence-corrected chi connectivity index (χ0v) is 15.0. The Labute approximate surface area is 148 Å². The van der Waals surface area contributed by atoms with E-state index in [1.165, 1.54) is 0 Å². The van der Waals surface area contributed by atoms with Crippen molar-refractivity contribution >= 4 is 17.5 Å². The van der Waals surface area contributed by atoms with Gasteiger partial charge in [0.25, 0.3) is 0 Å². The number of likely N-dealkylation sites (N-methyl/N-ethyl adjacent to an activating group) is 1. The van der Waals surface area contributed by atoms with Gasteiger partial charge in [-0.15, -0.1) is 0 Å². The van der Waals surface area contributed by atoms with Gasteiger partial charge in [-0.2, -0.15) is 5.10 Å². The van der Waals surface area contributed by atoms with Gasteiger partial charge in [0.05, 0.1) is 11.9 Å². The van der Waals surface area contributed by atoms with Gasteiger partial charge in [-0.05, 0) is 51.9 Å². The second-order valence-corrected chi connectivity index (χ2v) is 7.44. The van der Waals surface area contributed by atoms with Gasteiger partial charge in [0.1, 0.15) is 6.54 Å². The fourth-order valence-electron chi connectivity index (χ4n) is 3.56. The Morgan fingerprint density at radius 1 is 1.40 bits per heavy atom. The molecule has 0 radical (unpaired) electrons. The molecule has 25 heavy (non-hydrogen) atoms. The molecule has 1 aliphatic heterocycles. The lowest BCUT2D eigenvalue weighted by Gasteiger charge is -2.23. The van der Waals surface area contributed by atoms with Crippen molar-refractivity contribution in [1.29, 1.82) is 0 Å². The lowest BCUT2D eigenvalue weighted by molar-refractivity contribution is -0.122. The molecule has 1 saturated carbocycles. The number of amides is 2. The largest absolute Gasteiger partial charge is 0.353 e. The molecule has 3 N–H and O–H groups in total. The van der Waals surface area contributed by atoms with E-state index in [-0.39, 0.29) is 29.7 Å². The summed E-state index contributed by atoms with van der Waals surface area (Å²) in [5, 5.41) is 13.3. The molecule has 0 bridgehead atoms. The molecule has 0 aromatic carbocycles. The third-order valence-corrected chi connectivity index (χ3v) is 5.19. The topological polar surface area (TPSA) is 91.3 Å². The number of piperidine rings is 1. The van der Waals surface area contributed by atoms with E-state index in [0.717, 1.165) is 38.9 Å². The molecule has 1 saturated heterocycles. The van der Waals surface area contributed by atoms with Crippen LogP contribution in [0.4, 0.5) is 5.69 Å². The number of nitrogens with zero attached hydrogens (tertiary/aromatic N) is 3. The summed E-state index contributed by atoms with van der Waals surface area (Å²) in [6.45, 7) is 3.57. The molecule has 3 rings (SSSR count). The van der Waals surface area contributed by atoms with Crippen molar-refractivity contribution in [1.82, 2.24) is 25.3 Å². The standard InChI is InChI=1S/C17H28N6O2/c1-22(2)8-7-19-15(24)12-23-11-13(10-20-23)21-16(25)14-9-17(14)3-5-18-6-4-17/h10-11,14,18H,3-9,12H2,1-2H3,(H,19,24)(H,21,25). The summed E-state index contributed by atoms with van der Waals surface area (Å²) in [5.41, 5.74) is 0.875.